The Morgan fingerprint density at radius 1 is 1.00 bits per heavy atom. The highest BCUT2D eigenvalue weighted by molar-refractivity contribution is 9.10. The van der Waals surface area contributed by atoms with Gasteiger partial charge >= 0.3 is 0 Å². The topological polar surface area (TPSA) is 95.1 Å². The molecular formula is C21H17BrN6. The van der Waals surface area contributed by atoms with Crippen LogP contribution in [0.5, 0.6) is 0 Å². The van der Waals surface area contributed by atoms with Crippen LogP contribution in [0.25, 0.3) is 27.8 Å². The van der Waals surface area contributed by atoms with E-state index in [1.54, 1.807) is 4.52 Å². The molecule has 0 amide bonds. The number of allylic oxidation sites excluding steroid dienone is 2. The normalized spacial score (nSPS) is 19.3. The molecule has 138 valence electrons. The molecule has 7 heteroatoms. The Hall–Kier alpha value is -3.03. The number of hydrogen-bond donors (Lipinski definition) is 2. The molecule has 4 N–H and O–H groups in total. The highest BCUT2D eigenvalue weighted by Gasteiger charge is 2.32. The predicted molar refractivity (Wildman–Crippen MR) is 113 cm³/mol. The van der Waals surface area contributed by atoms with Crippen LogP contribution in [0.1, 0.15) is 12.1 Å². The zero-order valence-corrected chi connectivity index (χ0v) is 16.5. The van der Waals surface area contributed by atoms with Crippen LogP contribution >= 0.6 is 15.9 Å². The van der Waals surface area contributed by atoms with Crippen molar-refractivity contribution >= 4 is 32.3 Å². The Bertz CT molecular complexity index is 1290. The summed E-state index contributed by atoms with van der Waals surface area (Å²) < 4.78 is 2.70. The van der Waals surface area contributed by atoms with Crippen LogP contribution in [-0.4, -0.2) is 19.8 Å². The third kappa shape index (κ3) is 2.55. The van der Waals surface area contributed by atoms with Crippen molar-refractivity contribution < 1.29 is 0 Å². The fraction of sp³-hybridized carbons (Fsp3) is 0.0952. The van der Waals surface area contributed by atoms with Crippen LogP contribution in [0.3, 0.4) is 0 Å². The number of benzene rings is 2. The van der Waals surface area contributed by atoms with Gasteiger partial charge in [-0.1, -0.05) is 64.5 Å². The number of hydrogen-bond acceptors (Lipinski definition) is 5. The van der Waals surface area contributed by atoms with Gasteiger partial charge < -0.3 is 11.5 Å². The van der Waals surface area contributed by atoms with Crippen molar-refractivity contribution in [2.75, 3.05) is 0 Å². The first kappa shape index (κ1) is 17.1. The molecule has 28 heavy (non-hydrogen) atoms. The van der Waals surface area contributed by atoms with E-state index < -0.39 is 5.54 Å². The molecule has 1 unspecified atom stereocenters. The lowest BCUT2D eigenvalue weighted by atomic mass is 9.85. The number of fused-ring (bicyclic) bond motifs is 3. The van der Waals surface area contributed by atoms with E-state index in [-0.39, 0.29) is 0 Å². The van der Waals surface area contributed by atoms with Crippen molar-refractivity contribution in [1.29, 1.82) is 0 Å². The summed E-state index contributed by atoms with van der Waals surface area (Å²) in [7, 11) is 0. The number of rotatable bonds is 2. The number of halogens is 1. The SMILES string of the molecule is NC1=CC=CC(N)(c2nn3c(-c4ccccc4Br)nnc3c3ccccc23)C1. The Morgan fingerprint density at radius 2 is 1.75 bits per heavy atom. The molecule has 6 nitrogen and oxygen atoms in total. The van der Waals surface area contributed by atoms with Crippen molar-refractivity contribution in [2.45, 2.75) is 12.0 Å². The van der Waals surface area contributed by atoms with E-state index in [1.807, 2.05) is 66.8 Å². The highest BCUT2D eigenvalue weighted by atomic mass is 79.9. The summed E-state index contributed by atoms with van der Waals surface area (Å²) in [6.45, 7) is 0. The second kappa shape index (κ2) is 6.25. The van der Waals surface area contributed by atoms with Gasteiger partial charge in [0.05, 0.1) is 11.2 Å². The zero-order valence-electron chi connectivity index (χ0n) is 14.9. The van der Waals surface area contributed by atoms with Gasteiger partial charge in [0.15, 0.2) is 11.5 Å². The monoisotopic (exact) mass is 432 g/mol. The van der Waals surface area contributed by atoms with E-state index in [0.29, 0.717) is 17.9 Å². The largest absolute Gasteiger partial charge is 0.402 e. The molecule has 2 heterocycles. The molecule has 0 bridgehead atoms. The van der Waals surface area contributed by atoms with Crippen LogP contribution in [0.4, 0.5) is 0 Å². The molecule has 0 aliphatic heterocycles. The van der Waals surface area contributed by atoms with Crippen molar-refractivity contribution in [1.82, 2.24) is 19.8 Å². The minimum Gasteiger partial charge on any atom is -0.402 e. The minimum atomic E-state index is -0.803. The highest BCUT2D eigenvalue weighted by Crippen LogP contribution is 2.35. The van der Waals surface area contributed by atoms with Gasteiger partial charge in [0.25, 0.3) is 0 Å². The quantitative estimate of drug-likeness (QED) is 0.503. The molecule has 1 atom stereocenters. The molecule has 5 rings (SSSR count). The fourth-order valence-corrected chi connectivity index (χ4v) is 4.16. The third-order valence-corrected chi connectivity index (χ3v) is 5.71. The van der Waals surface area contributed by atoms with E-state index in [0.717, 1.165) is 32.2 Å². The Kier molecular flexibility index (Phi) is 3.82. The van der Waals surface area contributed by atoms with Gasteiger partial charge in [-0.3, -0.25) is 0 Å². The minimum absolute atomic E-state index is 0.499. The van der Waals surface area contributed by atoms with Crippen LogP contribution in [0, 0.1) is 0 Å². The van der Waals surface area contributed by atoms with Gasteiger partial charge in [-0.25, -0.2) is 0 Å². The molecule has 1 aliphatic carbocycles. The maximum absolute atomic E-state index is 6.78. The lowest BCUT2D eigenvalue weighted by Crippen LogP contribution is -2.39. The van der Waals surface area contributed by atoms with E-state index in [2.05, 4.69) is 26.1 Å². The van der Waals surface area contributed by atoms with Crippen molar-refractivity contribution in [3.8, 4) is 11.4 Å². The van der Waals surface area contributed by atoms with E-state index in [4.69, 9.17) is 16.6 Å². The lowest BCUT2D eigenvalue weighted by molar-refractivity contribution is 0.524. The average molecular weight is 433 g/mol. The van der Waals surface area contributed by atoms with Gasteiger partial charge in [0.1, 0.15) is 0 Å². The number of nitrogens with zero attached hydrogens (tertiary/aromatic N) is 4. The van der Waals surface area contributed by atoms with Crippen LogP contribution in [-0.2, 0) is 5.54 Å². The van der Waals surface area contributed by atoms with Gasteiger partial charge in [-0.15, -0.1) is 10.2 Å². The summed E-state index contributed by atoms with van der Waals surface area (Å²) in [6.07, 6.45) is 6.21. The molecule has 4 aromatic rings. The third-order valence-electron chi connectivity index (χ3n) is 5.02. The van der Waals surface area contributed by atoms with Gasteiger partial charge in [0.2, 0.25) is 0 Å². The molecule has 0 radical (unpaired) electrons. The van der Waals surface area contributed by atoms with E-state index in [1.165, 1.54) is 0 Å². The Morgan fingerprint density at radius 3 is 2.54 bits per heavy atom. The van der Waals surface area contributed by atoms with E-state index in [9.17, 15) is 0 Å². The molecular weight excluding hydrogens is 416 g/mol. The fourth-order valence-electron chi connectivity index (χ4n) is 3.70. The summed E-state index contributed by atoms with van der Waals surface area (Å²) >= 11 is 3.60. The second-order valence-electron chi connectivity index (χ2n) is 6.95. The number of aromatic nitrogens is 4. The summed E-state index contributed by atoms with van der Waals surface area (Å²) in [4.78, 5) is 0. The average Bonchev–Trinajstić information content (AvgIpc) is 3.11. The predicted octanol–water partition coefficient (Wildman–Crippen LogP) is 3.66. The van der Waals surface area contributed by atoms with E-state index >= 15 is 0 Å². The molecule has 0 fully saturated rings. The zero-order chi connectivity index (χ0) is 19.3. The molecule has 0 saturated heterocycles. The van der Waals surface area contributed by atoms with Crippen molar-refractivity contribution in [3.05, 3.63) is 82.6 Å². The molecule has 0 saturated carbocycles. The Labute approximate surface area is 169 Å². The summed E-state index contributed by atoms with van der Waals surface area (Å²) in [5.74, 6) is 0.654. The first-order valence-corrected chi connectivity index (χ1v) is 9.68. The second-order valence-corrected chi connectivity index (χ2v) is 7.81. The summed E-state index contributed by atoms with van der Waals surface area (Å²) in [6, 6.07) is 15.9. The van der Waals surface area contributed by atoms with Crippen molar-refractivity contribution in [2.24, 2.45) is 11.5 Å². The first-order valence-electron chi connectivity index (χ1n) is 8.89. The van der Waals surface area contributed by atoms with Crippen molar-refractivity contribution in [3.63, 3.8) is 0 Å². The van der Waals surface area contributed by atoms with Crippen LogP contribution in [0.15, 0.2) is 76.9 Å². The maximum Gasteiger partial charge on any atom is 0.186 e. The molecule has 0 spiro atoms. The summed E-state index contributed by atoms with van der Waals surface area (Å²) in [5, 5.41) is 15.7. The molecule has 1 aliphatic rings. The Balaban J connectivity index is 1.85. The van der Waals surface area contributed by atoms with Crippen LogP contribution in [0.2, 0.25) is 0 Å². The van der Waals surface area contributed by atoms with Gasteiger partial charge in [-0.2, -0.15) is 9.61 Å². The van der Waals surface area contributed by atoms with Gasteiger partial charge in [-0.05, 0) is 18.2 Å². The first-order chi connectivity index (χ1) is 13.6. The maximum atomic E-state index is 6.78. The molecule has 2 aromatic heterocycles. The standard InChI is InChI=1S/C21H17BrN6/c22-17-10-4-3-9-16(17)20-26-25-19-15-8-2-1-7-14(15)18(27-28(19)20)21(24)11-5-6-13(23)12-21/h1-11H,12,23-24H2. The number of nitrogens with two attached hydrogens (primary N) is 2. The van der Waals surface area contributed by atoms with Crippen LogP contribution < -0.4 is 11.5 Å². The summed E-state index contributed by atoms with van der Waals surface area (Å²) in [5.41, 5.74) is 15.1. The lowest BCUT2D eigenvalue weighted by Gasteiger charge is -2.29. The molecule has 2 aromatic carbocycles. The smallest absolute Gasteiger partial charge is 0.186 e. The van der Waals surface area contributed by atoms with Gasteiger partial charge in [0, 0.05) is 32.9 Å².